The fourth-order valence-corrected chi connectivity index (χ4v) is 3.82. The van der Waals surface area contributed by atoms with Gasteiger partial charge in [-0.1, -0.05) is 35.0 Å². The predicted molar refractivity (Wildman–Crippen MR) is 112 cm³/mol. The minimum atomic E-state index is -0.491. The monoisotopic (exact) mass is 483 g/mol. The van der Waals surface area contributed by atoms with E-state index < -0.39 is 5.97 Å². The van der Waals surface area contributed by atoms with Gasteiger partial charge >= 0.3 is 5.97 Å². The van der Waals surface area contributed by atoms with Crippen LogP contribution in [0.15, 0.2) is 72.4 Å². The summed E-state index contributed by atoms with van der Waals surface area (Å²) in [6.45, 7) is 0. The highest BCUT2D eigenvalue weighted by molar-refractivity contribution is 9.10. The summed E-state index contributed by atoms with van der Waals surface area (Å²) >= 11 is 17.0. The molecule has 0 bridgehead atoms. The molecule has 0 spiro atoms. The summed E-state index contributed by atoms with van der Waals surface area (Å²) in [6, 6.07) is 14.1. The number of benzene rings is 2. The summed E-state index contributed by atoms with van der Waals surface area (Å²) in [7, 11) is 1.30. The Hall–Kier alpha value is -1.73. The molecule has 8 heteroatoms. The maximum Gasteiger partial charge on any atom is 0.339 e. The van der Waals surface area contributed by atoms with Gasteiger partial charge in [-0.3, -0.25) is 4.99 Å². The van der Waals surface area contributed by atoms with E-state index in [1.165, 1.54) is 18.9 Å². The molecule has 1 aromatic heterocycles. The number of carbonyl (C=O) groups excluding carboxylic acids is 1. The Balaban J connectivity index is 1.75. The van der Waals surface area contributed by atoms with Crippen molar-refractivity contribution >= 4 is 68.8 Å². The van der Waals surface area contributed by atoms with Gasteiger partial charge in [-0.15, -0.1) is 0 Å². The molecule has 3 rings (SSSR count). The zero-order valence-corrected chi connectivity index (χ0v) is 17.8. The second-order valence-corrected chi connectivity index (χ2v) is 8.00. The fourth-order valence-electron chi connectivity index (χ4n) is 2.11. The van der Waals surface area contributed by atoms with Crippen LogP contribution in [-0.4, -0.2) is 19.3 Å². The molecule has 0 radical (unpaired) electrons. The first-order valence-corrected chi connectivity index (χ1v) is 9.97. The summed E-state index contributed by atoms with van der Waals surface area (Å²) in [5.74, 6) is 0.0841. The molecule has 0 saturated carbocycles. The number of ether oxygens (including phenoxy) is 1. The van der Waals surface area contributed by atoms with Gasteiger partial charge in [0.1, 0.15) is 5.76 Å². The smallest absolute Gasteiger partial charge is 0.339 e. The van der Waals surface area contributed by atoms with Crippen molar-refractivity contribution in [3.05, 3.63) is 74.4 Å². The number of furan rings is 1. The molecular weight excluding hydrogens is 473 g/mol. The lowest BCUT2D eigenvalue weighted by atomic mass is 10.2. The number of esters is 1. The number of halogens is 3. The number of methoxy groups -OCH3 is 1. The Kier molecular flexibility index (Phi) is 6.65. The Morgan fingerprint density at radius 3 is 2.59 bits per heavy atom. The quantitative estimate of drug-likeness (QED) is 0.288. The first-order valence-electron chi connectivity index (χ1n) is 7.61. The van der Waals surface area contributed by atoms with E-state index in [4.69, 9.17) is 27.6 Å². The first kappa shape index (κ1) is 20.0. The average Bonchev–Trinajstić information content (AvgIpc) is 3.01. The lowest BCUT2D eigenvalue weighted by Gasteiger charge is -2.02. The lowest BCUT2D eigenvalue weighted by molar-refractivity contribution is 0.0601. The third kappa shape index (κ3) is 5.17. The Morgan fingerprint density at radius 1 is 1.19 bits per heavy atom. The van der Waals surface area contributed by atoms with E-state index in [-0.39, 0.29) is 5.02 Å². The number of rotatable bonds is 5. The van der Waals surface area contributed by atoms with Gasteiger partial charge in [-0.25, -0.2) is 4.79 Å². The molecule has 138 valence electrons. The molecule has 0 fully saturated rings. The Morgan fingerprint density at radius 2 is 1.93 bits per heavy atom. The summed E-state index contributed by atoms with van der Waals surface area (Å²) in [5.41, 5.74) is 0.882. The van der Waals surface area contributed by atoms with Crippen molar-refractivity contribution in [2.24, 2.45) is 4.99 Å². The van der Waals surface area contributed by atoms with Crippen molar-refractivity contribution in [2.75, 3.05) is 7.11 Å². The second kappa shape index (κ2) is 8.97. The van der Waals surface area contributed by atoms with Crippen molar-refractivity contribution in [1.82, 2.24) is 0 Å². The fraction of sp³-hybridized carbons (Fsp3) is 0.0526. The van der Waals surface area contributed by atoms with Crippen LogP contribution in [0.25, 0.3) is 0 Å². The van der Waals surface area contributed by atoms with Crippen molar-refractivity contribution in [3.63, 3.8) is 0 Å². The summed E-state index contributed by atoms with van der Waals surface area (Å²) in [4.78, 5) is 16.9. The minimum Gasteiger partial charge on any atom is -0.465 e. The van der Waals surface area contributed by atoms with Crippen LogP contribution in [0.1, 0.15) is 16.1 Å². The molecule has 1 heterocycles. The second-order valence-electron chi connectivity index (χ2n) is 5.25. The highest BCUT2D eigenvalue weighted by Crippen LogP contribution is 2.36. The molecule has 27 heavy (non-hydrogen) atoms. The topological polar surface area (TPSA) is 51.8 Å². The lowest BCUT2D eigenvalue weighted by Crippen LogP contribution is -2.01. The van der Waals surface area contributed by atoms with Gasteiger partial charge in [0, 0.05) is 16.0 Å². The molecule has 0 atom stereocenters. The molecule has 4 nitrogen and oxygen atoms in total. The van der Waals surface area contributed by atoms with Crippen LogP contribution in [0.2, 0.25) is 10.0 Å². The predicted octanol–water partition coefficient (Wildman–Crippen LogP) is 7.04. The number of hydrogen-bond donors (Lipinski definition) is 0. The molecule has 0 saturated heterocycles. The molecule has 0 aliphatic heterocycles. The summed E-state index contributed by atoms with van der Waals surface area (Å²) in [5, 5.41) is 1.66. The van der Waals surface area contributed by atoms with Gasteiger partial charge in [-0.2, -0.15) is 0 Å². The van der Waals surface area contributed by atoms with Gasteiger partial charge in [0.25, 0.3) is 0 Å². The van der Waals surface area contributed by atoms with Crippen molar-refractivity contribution in [1.29, 1.82) is 0 Å². The van der Waals surface area contributed by atoms with E-state index in [9.17, 15) is 4.79 Å². The van der Waals surface area contributed by atoms with Crippen LogP contribution in [0, 0.1) is 0 Å². The Labute approximate surface area is 178 Å². The van der Waals surface area contributed by atoms with Crippen molar-refractivity contribution < 1.29 is 13.9 Å². The van der Waals surface area contributed by atoms with Crippen LogP contribution >= 0.6 is 50.9 Å². The van der Waals surface area contributed by atoms with E-state index >= 15 is 0 Å². The van der Waals surface area contributed by atoms with E-state index in [2.05, 4.69) is 25.7 Å². The molecule has 0 amide bonds. The van der Waals surface area contributed by atoms with Crippen molar-refractivity contribution in [3.8, 4) is 0 Å². The highest BCUT2D eigenvalue weighted by atomic mass is 79.9. The highest BCUT2D eigenvalue weighted by Gasteiger charge is 2.12. The van der Waals surface area contributed by atoms with E-state index in [0.29, 0.717) is 27.1 Å². The van der Waals surface area contributed by atoms with Crippen LogP contribution in [0.5, 0.6) is 0 Å². The summed E-state index contributed by atoms with van der Waals surface area (Å²) < 4.78 is 11.3. The van der Waals surface area contributed by atoms with E-state index in [1.807, 2.05) is 30.3 Å². The SMILES string of the molecule is COC(=O)c1ccc(N=Cc2cc(Br)c(Sc3ccc(Cl)cc3)o2)cc1Cl. The molecule has 3 aromatic rings. The minimum absolute atomic E-state index is 0.274. The number of aliphatic imine (C=N–C) groups is 1. The standard InChI is InChI=1S/C19H12BrCl2NO3S/c1-25-18(24)15-7-4-12(8-17(15)22)23-10-13-9-16(20)19(26-13)27-14-5-2-11(21)3-6-14/h2-10H,1H3. The first-order chi connectivity index (χ1) is 13.0. The zero-order valence-electron chi connectivity index (χ0n) is 13.9. The molecule has 0 N–H and O–H groups in total. The third-order valence-electron chi connectivity index (χ3n) is 3.40. The normalized spacial score (nSPS) is 11.1. The number of carbonyl (C=O) groups is 1. The van der Waals surface area contributed by atoms with Crippen LogP contribution in [0.3, 0.4) is 0 Å². The van der Waals surface area contributed by atoms with Crippen LogP contribution < -0.4 is 0 Å². The van der Waals surface area contributed by atoms with Gasteiger partial charge in [0.05, 0.1) is 34.1 Å². The van der Waals surface area contributed by atoms with Gasteiger partial charge < -0.3 is 9.15 Å². The maximum absolute atomic E-state index is 11.6. The largest absolute Gasteiger partial charge is 0.465 e. The molecule has 0 aliphatic carbocycles. The van der Waals surface area contributed by atoms with E-state index in [1.54, 1.807) is 24.4 Å². The maximum atomic E-state index is 11.6. The number of nitrogens with zero attached hydrogens (tertiary/aromatic N) is 1. The molecular formula is C19H12BrCl2NO3S. The van der Waals surface area contributed by atoms with Gasteiger partial charge in [-0.05, 0) is 58.4 Å². The van der Waals surface area contributed by atoms with Crippen LogP contribution in [-0.2, 0) is 4.74 Å². The van der Waals surface area contributed by atoms with Crippen LogP contribution in [0.4, 0.5) is 5.69 Å². The number of hydrogen-bond acceptors (Lipinski definition) is 5. The van der Waals surface area contributed by atoms with Gasteiger partial charge in [0.15, 0.2) is 5.09 Å². The summed E-state index contributed by atoms with van der Waals surface area (Å²) in [6.07, 6.45) is 1.58. The van der Waals surface area contributed by atoms with Gasteiger partial charge in [0.2, 0.25) is 0 Å². The molecule has 0 unspecified atom stereocenters. The zero-order chi connectivity index (χ0) is 19.4. The van der Waals surface area contributed by atoms with E-state index in [0.717, 1.165) is 9.37 Å². The Bertz CT molecular complexity index is 1000. The molecule has 0 aliphatic rings. The molecule has 2 aromatic carbocycles. The van der Waals surface area contributed by atoms with Crippen molar-refractivity contribution in [2.45, 2.75) is 9.99 Å². The average molecular weight is 485 g/mol. The third-order valence-corrected chi connectivity index (χ3v) is 5.81.